The van der Waals surface area contributed by atoms with Gasteiger partial charge in [-0.05, 0) is 29.3 Å². The molecule has 0 radical (unpaired) electrons. The SMILES string of the molecule is CONc1ccnc(N(C(C)=O)c2ccc3c(c2)COC3)c1. The zero-order chi connectivity index (χ0) is 15.5. The van der Waals surface area contributed by atoms with E-state index in [2.05, 4.69) is 10.5 Å². The van der Waals surface area contributed by atoms with Crippen molar-refractivity contribution in [3.05, 3.63) is 47.7 Å². The summed E-state index contributed by atoms with van der Waals surface area (Å²) in [5.74, 6) is 0.425. The minimum atomic E-state index is -0.110. The lowest BCUT2D eigenvalue weighted by Crippen LogP contribution is -2.24. The second kappa shape index (κ2) is 6.13. The molecule has 1 aromatic carbocycles. The molecule has 0 unspecified atom stereocenters. The Balaban J connectivity index is 1.99. The molecule has 6 heteroatoms. The molecular formula is C16H17N3O3. The molecular weight excluding hydrogens is 282 g/mol. The van der Waals surface area contributed by atoms with E-state index in [0.717, 1.165) is 22.5 Å². The van der Waals surface area contributed by atoms with Gasteiger partial charge in [-0.15, -0.1) is 0 Å². The number of fused-ring (bicyclic) bond motifs is 1. The molecule has 3 rings (SSSR count). The summed E-state index contributed by atoms with van der Waals surface area (Å²) in [6, 6.07) is 9.40. The van der Waals surface area contributed by atoms with Crippen LogP contribution >= 0.6 is 0 Å². The van der Waals surface area contributed by atoms with Gasteiger partial charge in [-0.1, -0.05) is 6.07 Å². The van der Waals surface area contributed by atoms with E-state index in [1.807, 2.05) is 18.2 Å². The number of carbonyl (C=O) groups excluding carboxylic acids is 1. The van der Waals surface area contributed by atoms with Gasteiger partial charge in [0.25, 0.3) is 0 Å². The maximum atomic E-state index is 12.1. The highest BCUT2D eigenvalue weighted by Crippen LogP contribution is 2.30. The van der Waals surface area contributed by atoms with E-state index in [0.29, 0.717) is 19.0 Å². The number of nitrogens with one attached hydrogen (secondary N) is 1. The maximum Gasteiger partial charge on any atom is 0.229 e. The van der Waals surface area contributed by atoms with Gasteiger partial charge < -0.3 is 4.74 Å². The number of pyridine rings is 1. The minimum absolute atomic E-state index is 0.110. The zero-order valence-electron chi connectivity index (χ0n) is 12.5. The highest BCUT2D eigenvalue weighted by Gasteiger charge is 2.19. The maximum absolute atomic E-state index is 12.1. The average Bonchev–Trinajstić information content (AvgIpc) is 2.95. The zero-order valence-corrected chi connectivity index (χ0v) is 12.5. The fraction of sp³-hybridized carbons (Fsp3) is 0.250. The first-order chi connectivity index (χ1) is 10.7. The third-order valence-electron chi connectivity index (χ3n) is 3.47. The molecule has 6 nitrogen and oxygen atoms in total. The molecule has 114 valence electrons. The van der Waals surface area contributed by atoms with E-state index >= 15 is 0 Å². The van der Waals surface area contributed by atoms with E-state index in [-0.39, 0.29) is 5.91 Å². The van der Waals surface area contributed by atoms with Crippen LogP contribution < -0.4 is 10.4 Å². The van der Waals surface area contributed by atoms with Gasteiger partial charge in [0.15, 0.2) is 0 Å². The Kier molecular flexibility index (Phi) is 4.04. The Bertz CT molecular complexity index is 703. The first kappa shape index (κ1) is 14.5. The normalized spacial score (nSPS) is 12.8. The molecule has 1 amide bonds. The van der Waals surface area contributed by atoms with Crippen LogP contribution in [0.3, 0.4) is 0 Å². The standard InChI is InChI=1S/C16H17N3O3/c1-11(20)19(16-8-14(18-21-2)5-6-17-16)15-4-3-12-9-22-10-13(12)7-15/h3-8H,9-10H2,1-2H3,(H,17,18). The average molecular weight is 299 g/mol. The van der Waals surface area contributed by atoms with E-state index in [4.69, 9.17) is 9.57 Å². The summed E-state index contributed by atoms with van der Waals surface area (Å²) in [4.78, 5) is 22.9. The van der Waals surface area contributed by atoms with E-state index in [1.54, 1.807) is 23.2 Å². The van der Waals surface area contributed by atoms with Gasteiger partial charge in [-0.25, -0.2) is 4.98 Å². The lowest BCUT2D eigenvalue weighted by atomic mass is 10.1. The van der Waals surface area contributed by atoms with Gasteiger partial charge in [-0.2, -0.15) is 0 Å². The number of hydrogen-bond acceptors (Lipinski definition) is 5. The topological polar surface area (TPSA) is 63.7 Å². The summed E-state index contributed by atoms with van der Waals surface area (Å²) < 4.78 is 5.42. The van der Waals surface area contributed by atoms with Crippen LogP contribution in [0.2, 0.25) is 0 Å². The van der Waals surface area contributed by atoms with Gasteiger partial charge in [-0.3, -0.25) is 20.0 Å². The second-order valence-electron chi connectivity index (χ2n) is 5.01. The van der Waals surface area contributed by atoms with Gasteiger partial charge in [0.2, 0.25) is 5.91 Å². The molecule has 0 saturated carbocycles. The lowest BCUT2D eigenvalue weighted by molar-refractivity contribution is -0.115. The summed E-state index contributed by atoms with van der Waals surface area (Å²) in [5.41, 5.74) is 6.51. The molecule has 1 N–H and O–H groups in total. The number of amides is 1. The van der Waals surface area contributed by atoms with Gasteiger partial charge in [0.05, 0.1) is 31.7 Å². The van der Waals surface area contributed by atoms with Crippen LogP contribution in [0, 0.1) is 0 Å². The number of hydrogen-bond donors (Lipinski definition) is 1. The molecule has 1 aromatic heterocycles. The van der Waals surface area contributed by atoms with Crippen molar-refractivity contribution in [3.63, 3.8) is 0 Å². The Morgan fingerprint density at radius 3 is 2.86 bits per heavy atom. The number of benzene rings is 1. The summed E-state index contributed by atoms with van der Waals surface area (Å²) in [6.45, 7) is 2.72. The van der Waals surface area contributed by atoms with Crippen molar-refractivity contribution >= 4 is 23.1 Å². The van der Waals surface area contributed by atoms with Crippen LogP contribution in [0.4, 0.5) is 17.2 Å². The molecule has 0 spiro atoms. The summed E-state index contributed by atoms with van der Waals surface area (Å²) in [7, 11) is 1.53. The van der Waals surface area contributed by atoms with Crippen LogP contribution in [0.5, 0.6) is 0 Å². The summed E-state index contributed by atoms with van der Waals surface area (Å²) >= 11 is 0. The predicted octanol–water partition coefficient (Wildman–Crippen LogP) is 2.77. The van der Waals surface area contributed by atoms with Crippen molar-refractivity contribution in [3.8, 4) is 0 Å². The largest absolute Gasteiger partial charge is 0.372 e. The predicted molar refractivity (Wildman–Crippen MR) is 82.6 cm³/mol. The molecule has 0 fully saturated rings. The smallest absolute Gasteiger partial charge is 0.229 e. The van der Waals surface area contributed by atoms with Crippen LogP contribution in [0.25, 0.3) is 0 Å². The molecule has 1 aliphatic rings. The van der Waals surface area contributed by atoms with Crippen LogP contribution in [0.15, 0.2) is 36.5 Å². The monoisotopic (exact) mass is 299 g/mol. The fourth-order valence-corrected chi connectivity index (χ4v) is 2.49. The number of rotatable bonds is 4. The van der Waals surface area contributed by atoms with E-state index < -0.39 is 0 Å². The van der Waals surface area contributed by atoms with Gasteiger partial charge >= 0.3 is 0 Å². The van der Waals surface area contributed by atoms with Gasteiger partial charge in [0, 0.05) is 19.2 Å². The van der Waals surface area contributed by atoms with Crippen molar-refractivity contribution in [2.24, 2.45) is 0 Å². The molecule has 1 aliphatic heterocycles. The molecule has 0 aliphatic carbocycles. The minimum Gasteiger partial charge on any atom is -0.372 e. The second-order valence-corrected chi connectivity index (χ2v) is 5.01. The van der Waals surface area contributed by atoms with Crippen LogP contribution in [0.1, 0.15) is 18.1 Å². The van der Waals surface area contributed by atoms with E-state index in [9.17, 15) is 4.79 Å². The molecule has 2 heterocycles. The highest BCUT2D eigenvalue weighted by molar-refractivity contribution is 5.98. The quantitative estimate of drug-likeness (QED) is 0.880. The molecule has 0 atom stereocenters. The van der Waals surface area contributed by atoms with Crippen LogP contribution in [-0.4, -0.2) is 18.0 Å². The first-order valence-electron chi connectivity index (χ1n) is 6.94. The number of carbonyl (C=O) groups is 1. The summed E-state index contributed by atoms with van der Waals surface area (Å²) in [6.07, 6.45) is 1.63. The van der Waals surface area contributed by atoms with Crippen molar-refractivity contribution in [2.45, 2.75) is 20.1 Å². The third-order valence-corrected chi connectivity index (χ3v) is 3.47. The number of nitrogens with zero attached hydrogens (tertiary/aromatic N) is 2. The summed E-state index contributed by atoms with van der Waals surface area (Å²) in [5, 5.41) is 0. The Morgan fingerprint density at radius 2 is 2.09 bits per heavy atom. The number of anilines is 3. The lowest BCUT2D eigenvalue weighted by Gasteiger charge is -2.21. The molecule has 2 aromatic rings. The number of ether oxygens (including phenoxy) is 1. The first-order valence-corrected chi connectivity index (χ1v) is 6.94. The number of aromatic nitrogens is 1. The van der Waals surface area contributed by atoms with Crippen molar-refractivity contribution in [1.82, 2.24) is 4.98 Å². The third kappa shape index (κ3) is 2.79. The fourth-order valence-electron chi connectivity index (χ4n) is 2.49. The molecule has 0 saturated heterocycles. The van der Waals surface area contributed by atoms with E-state index in [1.165, 1.54) is 14.0 Å². The van der Waals surface area contributed by atoms with Crippen LogP contribution in [-0.2, 0) is 27.6 Å². The molecule has 0 bridgehead atoms. The van der Waals surface area contributed by atoms with Crippen molar-refractivity contribution in [2.75, 3.05) is 17.5 Å². The Morgan fingerprint density at radius 1 is 1.27 bits per heavy atom. The molecule has 22 heavy (non-hydrogen) atoms. The highest BCUT2D eigenvalue weighted by atomic mass is 16.6. The Labute approximate surface area is 128 Å². The Hall–Kier alpha value is -2.44. The van der Waals surface area contributed by atoms with Gasteiger partial charge in [0.1, 0.15) is 5.82 Å². The van der Waals surface area contributed by atoms with Crippen molar-refractivity contribution < 1.29 is 14.4 Å². The van der Waals surface area contributed by atoms with Crippen molar-refractivity contribution in [1.29, 1.82) is 0 Å².